The molecule has 0 fully saturated rings. The van der Waals surface area contributed by atoms with Crippen LogP contribution in [0.5, 0.6) is 0 Å². The van der Waals surface area contributed by atoms with E-state index in [4.69, 9.17) is 34.8 Å². The van der Waals surface area contributed by atoms with Gasteiger partial charge < -0.3 is 4.90 Å². The summed E-state index contributed by atoms with van der Waals surface area (Å²) in [6, 6.07) is 7.82. The number of aryl methyl sites for hydroxylation is 1. The molecule has 1 aromatic rings. The Morgan fingerprint density at radius 3 is 2.29 bits per heavy atom. The predicted octanol–water partition coefficient (Wildman–Crippen LogP) is 4.62. The van der Waals surface area contributed by atoms with E-state index in [0.717, 1.165) is 5.69 Å². The molecule has 0 saturated carbocycles. The lowest BCUT2D eigenvalue weighted by atomic mass is 10.1. The van der Waals surface area contributed by atoms with Crippen LogP contribution in [-0.2, 0) is 0 Å². The lowest BCUT2D eigenvalue weighted by Crippen LogP contribution is -2.40. The molecule has 0 amide bonds. The Morgan fingerprint density at radius 1 is 1.06 bits per heavy atom. The Morgan fingerprint density at radius 2 is 1.71 bits per heavy atom. The SMILES string of the molecule is Cc1ccc(N2C=CC=CC2C(Cl)(Cl)Cl)cc1. The number of alkyl halides is 3. The summed E-state index contributed by atoms with van der Waals surface area (Å²) < 4.78 is -1.36. The smallest absolute Gasteiger partial charge is 0.214 e. The van der Waals surface area contributed by atoms with Crippen molar-refractivity contribution in [1.29, 1.82) is 0 Å². The maximum absolute atomic E-state index is 5.99. The lowest BCUT2D eigenvalue weighted by Gasteiger charge is -2.34. The van der Waals surface area contributed by atoms with Gasteiger partial charge in [0.1, 0.15) is 0 Å². The van der Waals surface area contributed by atoms with Gasteiger partial charge in [-0.2, -0.15) is 0 Å². The van der Waals surface area contributed by atoms with Crippen molar-refractivity contribution in [1.82, 2.24) is 0 Å². The first-order valence-electron chi connectivity index (χ1n) is 5.25. The van der Waals surface area contributed by atoms with Crippen molar-refractivity contribution >= 4 is 40.5 Å². The zero-order valence-corrected chi connectivity index (χ0v) is 11.5. The number of allylic oxidation sites excluding steroid dienone is 2. The second-order valence-corrected chi connectivity index (χ2v) is 6.32. The molecule has 17 heavy (non-hydrogen) atoms. The Balaban J connectivity index is 2.33. The van der Waals surface area contributed by atoms with Crippen LogP contribution in [0, 0.1) is 6.92 Å². The van der Waals surface area contributed by atoms with Gasteiger partial charge in [0.25, 0.3) is 0 Å². The fraction of sp³-hybridized carbons (Fsp3) is 0.231. The second-order valence-electron chi connectivity index (χ2n) is 3.96. The number of anilines is 1. The van der Waals surface area contributed by atoms with Gasteiger partial charge in [-0.25, -0.2) is 0 Å². The van der Waals surface area contributed by atoms with Crippen molar-refractivity contribution < 1.29 is 0 Å². The molecule has 1 heterocycles. The van der Waals surface area contributed by atoms with Crippen LogP contribution in [-0.4, -0.2) is 9.83 Å². The third-order valence-corrected chi connectivity index (χ3v) is 3.29. The minimum Gasteiger partial charge on any atom is -0.337 e. The maximum atomic E-state index is 5.99. The Hall–Kier alpha value is -0.630. The van der Waals surface area contributed by atoms with Gasteiger partial charge >= 0.3 is 0 Å². The third kappa shape index (κ3) is 2.98. The highest BCUT2D eigenvalue weighted by Gasteiger charge is 2.35. The van der Waals surface area contributed by atoms with Gasteiger partial charge in [-0.15, -0.1) is 0 Å². The summed E-state index contributed by atoms with van der Waals surface area (Å²) in [5.41, 5.74) is 2.21. The first kappa shape index (κ1) is 12.8. The minimum atomic E-state index is -1.36. The molecule has 0 radical (unpaired) electrons. The Labute approximate surface area is 116 Å². The molecule has 90 valence electrons. The molecule has 4 heteroatoms. The Kier molecular flexibility index (Phi) is 3.72. The molecule has 1 aromatic carbocycles. The number of hydrogen-bond acceptors (Lipinski definition) is 1. The molecule has 0 aromatic heterocycles. The Bertz CT molecular complexity index is 443. The molecule has 0 N–H and O–H groups in total. The fourth-order valence-electron chi connectivity index (χ4n) is 1.73. The summed E-state index contributed by atoms with van der Waals surface area (Å²) in [7, 11) is 0. The van der Waals surface area contributed by atoms with Crippen molar-refractivity contribution in [3.05, 3.63) is 54.3 Å². The second kappa shape index (κ2) is 4.93. The first-order chi connectivity index (χ1) is 7.98. The zero-order valence-electron chi connectivity index (χ0n) is 9.28. The van der Waals surface area contributed by atoms with Crippen LogP contribution in [0.1, 0.15) is 5.56 Å². The highest BCUT2D eigenvalue weighted by atomic mass is 35.6. The van der Waals surface area contributed by atoms with Crippen molar-refractivity contribution in [3.8, 4) is 0 Å². The standard InChI is InChI=1S/C13H12Cl3N/c1-10-5-7-11(8-6-10)17-9-3-2-4-12(17)13(14,15)16/h2-9,12H,1H3. The molecule has 2 rings (SSSR count). The van der Waals surface area contributed by atoms with Gasteiger partial charge in [0.05, 0.1) is 6.04 Å². The van der Waals surface area contributed by atoms with E-state index in [1.807, 2.05) is 60.5 Å². The first-order valence-corrected chi connectivity index (χ1v) is 6.38. The van der Waals surface area contributed by atoms with Gasteiger partial charge in [0.2, 0.25) is 3.79 Å². The van der Waals surface area contributed by atoms with Gasteiger partial charge in [-0.3, -0.25) is 0 Å². The van der Waals surface area contributed by atoms with Crippen LogP contribution in [0.2, 0.25) is 0 Å². The van der Waals surface area contributed by atoms with E-state index in [0.29, 0.717) is 0 Å². The number of hydrogen-bond donors (Lipinski definition) is 0. The van der Waals surface area contributed by atoms with E-state index in [1.54, 1.807) is 0 Å². The third-order valence-electron chi connectivity index (χ3n) is 2.62. The number of halogens is 3. The molecule has 0 spiro atoms. The lowest BCUT2D eigenvalue weighted by molar-refractivity contribution is 0.786. The van der Waals surface area contributed by atoms with E-state index in [9.17, 15) is 0 Å². The number of rotatable bonds is 1. The largest absolute Gasteiger partial charge is 0.337 e. The zero-order chi connectivity index (χ0) is 12.5. The maximum Gasteiger partial charge on any atom is 0.214 e. The highest BCUT2D eigenvalue weighted by Crippen LogP contribution is 2.37. The van der Waals surface area contributed by atoms with Crippen LogP contribution in [0.25, 0.3) is 0 Å². The molecule has 1 unspecified atom stereocenters. The van der Waals surface area contributed by atoms with Crippen molar-refractivity contribution in [2.75, 3.05) is 4.90 Å². The summed E-state index contributed by atoms with van der Waals surface area (Å²) >= 11 is 18.0. The quantitative estimate of drug-likeness (QED) is 0.681. The molecular weight excluding hydrogens is 277 g/mol. The van der Waals surface area contributed by atoms with Gasteiger partial charge in [-0.1, -0.05) is 64.7 Å². The van der Waals surface area contributed by atoms with Crippen LogP contribution < -0.4 is 4.90 Å². The van der Waals surface area contributed by atoms with Crippen LogP contribution in [0.15, 0.2) is 48.7 Å². The molecule has 0 saturated heterocycles. The summed E-state index contributed by atoms with van der Waals surface area (Å²) in [6.07, 6.45) is 7.61. The average Bonchev–Trinajstić information content (AvgIpc) is 2.29. The van der Waals surface area contributed by atoms with Gasteiger partial charge in [-0.05, 0) is 25.1 Å². The summed E-state index contributed by atoms with van der Waals surface area (Å²) in [6.45, 7) is 2.04. The summed E-state index contributed by atoms with van der Waals surface area (Å²) in [4.78, 5) is 1.95. The molecule has 1 aliphatic heterocycles. The molecule has 1 nitrogen and oxygen atoms in total. The molecule has 1 aliphatic rings. The van der Waals surface area contributed by atoms with Crippen LogP contribution >= 0.6 is 34.8 Å². The fourth-order valence-corrected chi connectivity index (χ4v) is 2.26. The monoisotopic (exact) mass is 287 g/mol. The normalized spacial score (nSPS) is 19.8. The van der Waals surface area contributed by atoms with Crippen molar-refractivity contribution in [2.24, 2.45) is 0 Å². The molecule has 1 atom stereocenters. The van der Waals surface area contributed by atoms with E-state index in [1.165, 1.54) is 5.56 Å². The highest BCUT2D eigenvalue weighted by molar-refractivity contribution is 6.68. The predicted molar refractivity (Wildman–Crippen MR) is 76.0 cm³/mol. The van der Waals surface area contributed by atoms with E-state index >= 15 is 0 Å². The van der Waals surface area contributed by atoms with Crippen LogP contribution in [0.3, 0.4) is 0 Å². The van der Waals surface area contributed by atoms with Gasteiger partial charge in [0, 0.05) is 11.9 Å². The average molecular weight is 289 g/mol. The van der Waals surface area contributed by atoms with Crippen LogP contribution in [0.4, 0.5) is 5.69 Å². The summed E-state index contributed by atoms with van der Waals surface area (Å²) in [5, 5.41) is 0. The molecular formula is C13H12Cl3N. The molecule has 0 bridgehead atoms. The van der Waals surface area contributed by atoms with E-state index < -0.39 is 3.79 Å². The topological polar surface area (TPSA) is 3.24 Å². The minimum absolute atomic E-state index is 0.291. The van der Waals surface area contributed by atoms with Crippen molar-refractivity contribution in [2.45, 2.75) is 16.8 Å². The number of nitrogens with zero attached hydrogens (tertiary/aromatic N) is 1. The van der Waals surface area contributed by atoms with Gasteiger partial charge in [0.15, 0.2) is 0 Å². The molecule has 0 aliphatic carbocycles. The van der Waals surface area contributed by atoms with E-state index in [-0.39, 0.29) is 6.04 Å². The summed E-state index contributed by atoms with van der Waals surface area (Å²) in [5.74, 6) is 0. The van der Waals surface area contributed by atoms with Crippen molar-refractivity contribution in [3.63, 3.8) is 0 Å². The number of benzene rings is 1. The van der Waals surface area contributed by atoms with E-state index in [2.05, 4.69) is 0 Å².